The predicted octanol–water partition coefficient (Wildman–Crippen LogP) is 4.19. The zero-order valence-electron chi connectivity index (χ0n) is 10.3. The standard InChI is InChI=1S/C12H15Br2N3S/c1-3-6-17-9(4-5-16-17)11(15-2)8-7-10(13)18-12(8)14/h4-5,7,11,15H,3,6H2,1-2H3. The Morgan fingerprint density at radius 2 is 2.28 bits per heavy atom. The Bertz CT molecular complexity index is 521. The molecule has 2 aromatic rings. The van der Waals surface area contributed by atoms with E-state index in [9.17, 15) is 0 Å². The van der Waals surface area contributed by atoms with Gasteiger partial charge in [0.25, 0.3) is 0 Å². The molecule has 0 aliphatic heterocycles. The first kappa shape index (κ1) is 14.2. The molecular formula is C12H15Br2N3S. The molecule has 0 fully saturated rings. The van der Waals surface area contributed by atoms with Crippen molar-refractivity contribution in [1.29, 1.82) is 0 Å². The summed E-state index contributed by atoms with van der Waals surface area (Å²) in [5.41, 5.74) is 2.44. The number of thiophene rings is 1. The predicted molar refractivity (Wildman–Crippen MR) is 83.1 cm³/mol. The molecule has 2 rings (SSSR count). The maximum atomic E-state index is 4.39. The highest BCUT2D eigenvalue weighted by atomic mass is 79.9. The van der Waals surface area contributed by atoms with Crippen LogP contribution in [0.3, 0.4) is 0 Å². The smallest absolute Gasteiger partial charge is 0.0765 e. The second kappa shape index (κ2) is 6.32. The van der Waals surface area contributed by atoms with Crippen LogP contribution in [0.15, 0.2) is 25.9 Å². The maximum absolute atomic E-state index is 4.39. The van der Waals surface area contributed by atoms with Gasteiger partial charge in [-0.15, -0.1) is 11.3 Å². The molecule has 0 bridgehead atoms. The summed E-state index contributed by atoms with van der Waals surface area (Å²) in [5, 5.41) is 7.76. The van der Waals surface area contributed by atoms with Gasteiger partial charge in [0.1, 0.15) is 0 Å². The number of hydrogen-bond donors (Lipinski definition) is 1. The highest BCUT2D eigenvalue weighted by Gasteiger charge is 2.20. The first-order valence-corrected chi connectivity index (χ1v) is 8.21. The van der Waals surface area contributed by atoms with Crippen LogP contribution >= 0.6 is 43.2 Å². The fourth-order valence-electron chi connectivity index (χ4n) is 2.00. The Labute approximate surface area is 128 Å². The van der Waals surface area contributed by atoms with Gasteiger partial charge in [0.05, 0.1) is 19.3 Å². The van der Waals surface area contributed by atoms with Gasteiger partial charge in [0.15, 0.2) is 0 Å². The molecule has 0 aliphatic rings. The zero-order valence-corrected chi connectivity index (χ0v) is 14.3. The van der Waals surface area contributed by atoms with Gasteiger partial charge in [-0.05, 0) is 57.5 Å². The lowest BCUT2D eigenvalue weighted by Crippen LogP contribution is -2.21. The molecule has 0 saturated heterocycles. The minimum atomic E-state index is 0.163. The van der Waals surface area contributed by atoms with Crippen molar-refractivity contribution in [3.8, 4) is 0 Å². The summed E-state index contributed by atoms with van der Waals surface area (Å²) < 4.78 is 4.35. The highest BCUT2D eigenvalue weighted by Crippen LogP contribution is 2.37. The Morgan fingerprint density at radius 3 is 2.83 bits per heavy atom. The lowest BCUT2D eigenvalue weighted by atomic mass is 10.1. The largest absolute Gasteiger partial charge is 0.308 e. The van der Waals surface area contributed by atoms with E-state index in [1.165, 1.54) is 11.3 Å². The molecule has 0 saturated carbocycles. The number of aryl methyl sites for hydroxylation is 1. The molecule has 1 unspecified atom stereocenters. The molecule has 0 radical (unpaired) electrons. The van der Waals surface area contributed by atoms with E-state index in [-0.39, 0.29) is 6.04 Å². The van der Waals surface area contributed by atoms with Gasteiger partial charge in [0.2, 0.25) is 0 Å². The van der Waals surface area contributed by atoms with E-state index in [1.54, 1.807) is 11.3 Å². The van der Waals surface area contributed by atoms with Crippen LogP contribution < -0.4 is 5.32 Å². The number of nitrogens with zero attached hydrogens (tertiary/aromatic N) is 2. The second-order valence-corrected chi connectivity index (χ2v) is 7.73. The Morgan fingerprint density at radius 1 is 1.50 bits per heavy atom. The van der Waals surface area contributed by atoms with Gasteiger partial charge >= 0.3 is 0 Å². The Kier molecular flexibility index (Phi) is 5.00. The lowest BCUT2D eigenvalue weighted by Gasteiger charge is -2.17. The van der Waals surface area contributed by atoms with E-state index < -0.39 is 0 Å². The van der Waals surface area contributed by atoms with Crippen molar-refractivity contribution in [2.45, 2.75) is 25.9 Å². The molecule has 6 heteroatoms. The monoisotopic (exact) mass is 391 g/mol. The summed E-state index contributed by atoms with van der Waals surface area (Å²) in [6.07, 6.45) is 2.95. The van der Waals surface area contributed by atoms with Gasteiger partial charge in [-0.1, -0.05) is 6.92 Å². The third-order valence-electron chi connectivity index (χ3n) is 2.76. The van der Waals surface area contributed by atoms with Crippen molar-refractivity contribution < 1.29 is 0 Å². The molecule has 2 aromatic heterocycles. The molecule has 3 nitrogen and oxygen atoms in total. The van der Waals surface area contributed by atoms with Crippen molar-refractivity contribution in [2.75, 3.05) is 7.05 Å². The lowest BCUT2D eigenvalue weighted by molar-refractivity contribution is 0.534. The van der Waals surface area contributed by atoms with Gasteiger partial charge < -0.3 is 5.32 Å². The van der Waals surface area contributed by atoms with Crippen molar-refractivity contribution in [3.63, 3.8) is 0 Å². The highest BCUT2D eigenvalue weighted by molar-refractivity contribution is 9.12. The molecule has 0 spiro atoms. The molecule has 0 amide bonds. The first-order chi connectivity index (χ1) is 8.67. The van der Waals surface area contributed by atoms with Crippen molar-refractivity contribution in [2.24, 2.45) is 0 Å². The topological polar surface area (TPSA) is 29.9 Å². The van der Waals surface area contributed by atoms with Crippen molar-refractivity contribution in [1.82, 2.24) is 15.1 Å². The maximum Gasteiger partial charge on any atom is 0.0765 e. The second-order valence-electron chi connectivity index (χ2n) is 3.98. The Hall–Kier alpha value is -0.170. The minimum absolute atomic E-state index is 0.163. The van der Waals surface area contributed by atoms with Crippen LogP contribution in [0.5, 0.6) is 0 Å². The minimum Gasteiger partial charge on any atom is -0.308 e. The quantitative estimate of drug-likeness (QED) is 0.826. The van der Waals surface area contributed by atoms with Gasteiger partial charge in [-0.25, -0.2) is 0 Å². The summed E-state index contributed by atoms with van der Waals surface area (Å²) in [6, 6.07) is 4.39. The third-order valence-corrected chi connectivity index (χ3v) is 5.15. The van der Waals surface area contributed by atoms with Crippen LogP contribution in [0.4, 0.5) is 0 Å². The van der Waals surface area contributed by atoms with Crippen LogP contribution in [0.1, 0.15) is 30.6 Å². The number of hydrogen-bond acceptors (Lipinski definition) is 3. The summed E-state index contributed by atoms with van der Waals surface area (Å²) >= 11 is 8.85. The van der Waals surface area contributed by atoms with E-state index >= 15 is 0 Å². The fourth-order valence-corrected chi connectivity index (χ4v) is 4.90. The van der Waals surface area contributed by atoms with Gasteiger partial charge in [0, 0.05) is 18.3 Å². The van der Waals surface area contributed by atoms with Crippen molar-refractivity contribution in [3.05, 3.63) is 37.2 Å². The third kappa shape index (κ3) is 2.87. The summed E-state index contributed by atoms with van der Waals surface area (Å²) in [6.45, 7) is 3.11. The normalized spacial score (nSPS) is 12.9. The van der Waals surface area contributed by atoms with Crippen LogP contribution in [0, 0.1) is 0 Å². The molecule has 0 aliphatic carbocycles. The van der Waals surface area contributed by atoms with Crippen molar-refractivity contribution >= 4 is 43.2 Å². The summed E-state index contributed by atoms with van der Waals surface area (Å²) in [5.74, 6) is 0. The number of nitrogens with one attached hydrogen (secondary N) is 1. The first-order valence-electron chi connectivity index (χ1n) is 5.81. The number of rotatable bonds is 5. The van der Waals surface area contributed by atoms with Gasteiger partial charge in [-0.2, -0.15) is 5.10 Å². The molecule has 0 aromatic carbocycles. The zero-order chi connectivity index (χ0) is 13.1. The fraction of sp³-hybridized carbons (Fsp3) is 0.417. The number of aromatic nitrogens is 2. The number of halogens is 2. The van der Waals surface area contributed by atoms with E-state index in [4.69, 9.17) is 0 Å². The molecule has 2 heterocycles. The molecule has 1 N–H and O–H groups in total. The molecule has 1 atom stereocenters. The van der Waals surface area contributed by atoms with Crippen LogP contribution in [-0.2, 0) is 6.54 Å². The van der Waals surface area contributed by atoms with Crippen LogP contribution in [0.25, 0.3) is 0 Å². The van der Waals surface area contributed by atoms with E-state index in [2.05, 4.69) is 66.0 Å². The van der Waals surface area contributed by atoms with Gasteiger partial charge in [-0.3, -0.25) is 4.68 Å². The molecule has 18 heavy (non-hydrogen) atoms. The molecular weight excluding hydrogens is 378 g/mol. The average molecular weight is 393 g/mol. The van der Waals surface area contributed by atoms with E-state index in [0.29, 0.717) is 0 Å². The molecule has 98 valence electrons. The van der Waals surface area contributed by atoms with Crippen LogP contribution in [0.2, 0.25) is 0 Å². The Balaban J connectivity index is 2.39. The van der Waals surface area contributed by atoms with E-state index in [0.717, 1.165) is 20.5 Å². The summed E-state index contributed by atoms with van der Waals surface area (Å²) in [7, 11) is 1.98. The van der Waals surface area contributed by atoms with Crippen LogP contribution in [-0.4, -0.2) is 16.8 Å². The SMILES string of the molecule is CCCn1nccc1C(NC)c1cc(Br)sc1Br. The summed E-state index contributed by atoms with van der Waals surface area (Å²) in [4.78, 5) is 0. The average Bonchev–Trinajstić information content (AvgIpc) is 2.89. The van der Waals surface area contributed by atoms with E-state index in [1.807, 2.05) is 13.2 Å².